The normalized spacial score (nSPS) is 19.8. The van der Waals surface area contributed by atoms with E-state index < -0.39 is 11.6 Å². The average molecular weight is 225 g/mol. The van der Waals surface area contributed by atoms with E-state index in [1.165, 1.54) is 6.07 Å². The van der Waals surface area contributed by atoms with Crippen LogP contribution in [0.15, 0.2) is 23.2 Å². The summed E-state index contributed by atoms with van der Waals surface area (Å²) in [4.78, 5) is 4.33. The van der Waals surface area contributed by atoms with E-state index in [2.05, 4.69) is 4.99 Å². The Balaban J connectivity index is 2.25. The van der Waals surface area contributed by atoms with Gasteiger partial charge in [-0.25, -0.2) is 13.8 Å². The number of halogens is 2. The minimum atomic E-state index is -0.878. The Morgan fingerprint density at radius 2 is 2.06 bits per heavy atom. The molecule has 0 radical (unpaired) electrons. The maximum atomic E-state index is 13.0. The van der Waals surface area contributed by atoms with E-state index in [0.29, 0.717) is 24.0 Å². The Bertz CT molecular complexity index is 429. The smallest absolute Gasteiger partial charge is 0.216 e. The van der Waals surface area contributed by atoms with Gasteiger partial charge in [-0.1, -0.05) is 13.8 Å². The Labute approximate surface area is 93.0 Å². The van der Waals surface area contributed by atoms with E-state index in [4.69, 9.17) is 4.74 Å². The minimum absolute atomic E-state index is 0.100. The highest BCUT2D eigenvalue weighted by molar-refractivity contribution is 5.95. The van der Waals surface area contributed by atoms with E-state index in [0.717, 1.165) is 12.1 Å². The molecule has 1 aromatic carbocycles. The van der Waals surface area contributed by atoms with Crippen molar-refractivity contribution < 1.29 is 13.5 Å². The van der Waals surface area contributed by atoms with Gasteiger partial charge < -0.3 is 4.74 Å². The maximum absolute atomic E-state index is 13.0. The molecule has 0 saturated heterocycles. The molecule has 0 spiro atoms. The molecule has 0 N–H and O–H groups in total. The molecule has 0 aromatic heterocycles. The first kappa shape index (κ1) is 11.0. The fourth-order valence-corrected chi connectivity index (χ4v) is 1.52. The van der Waals surface area contributed by atoms with Crippen molar-refractivity contribution in [1.29, 1.82) is 0 Å². The summed E-state index contributed by atoms with van der Waals surface area (Å²) in [5.74, 6) is -0.958. The third-order valence-electron chi connectivity index (χ3n) is 2.61. The molecule has 1 aliphatic heterocycles. The molecule has 1 heterocycles. The van der Waals surface area contributed by atoms with Gasteiger partial charge in [0.25, 0.3) is 0 Å². The molecule has 1 unspecified atom stereocenters. The highest BCUT2D eigenvalue weighted by Gasteiger charge is 2.23. The van der Waals surface area contributed by atoms with Crippen LogP contribution in [0.5, 0.6) is 0 Å². The van der Waals surface area contributed by atoms with Gasteiger partial charge in [-0.3, -0.25) is 0 Å². The predicted octanol–water partition coefficient (Wildman–Crippen LogP) is 2.77. The monoisotopic (exact) mass is 225 g/mol. The zero-order valence-corrected chi connectivity index (χ0v) is 9.21. The summed E-state index contributed by atoms with van der Waals surface area (Å²) < 4.78 is 31.1. The summed E-state index contributed by atoms with van der Waals surface area (Å²) in [5, 5.41) is 0. The molecule has 4 heteroatoms. The number of aliphatic imine (C=N–C) groups is 1. The molecule has 0 aliphatic carbocycles. The fraction of sp³-hybridized carbons (Fsp3) is 0.417. The molecule has 0 fully saturated rings. The lowest BCUT2D eigenvalue weighted by molar-refractivity contribution is 0.291. The van der Waals surface area contributed by atoms with Crippen LogP contribution in [-0.2, 0) is 4.74 Å². The van der Waals surface area contributed by atoms with Crippen LogP contribution in [0, 0.1) is 17.6 Å². The van der Waals surface area contributed by atoms with Crippen molar-refractivity contribution in [2.24, 2.45) is 10.9 Å². The number of benzene rings is 1. The van der Waals surface area contributed by atoms with Crippen molar-refractivity contribution in [3.8, 4) is 0 Å². The molecule has 0 bridgehead atoms. The van der Waals surface area contributed by atoms with Crippen LogP contribution in [0.2, 0.25) is 0 Å². The van der Waals surface area contributed by atoms with E-state index in [9.17, 15) is 8.78 Å². The van der Waals surface area contributed by atoms with Crippen molar-refractivity contribution >= 4 is 5.90 Å². The molecule has 0 saturated carbocycles. The molecule has 2 nitrogen and oxygen atoms in total. The zero-order valence-electron chi connectivity index (χ0n) is 9.21. The summed E-state index contributed by atoms with van der Waals surface area (Å²) >= 11 is 0. The molecular formula is C12H13F2NO. The van der Waals surface area contributed by atoms with Gasteiger partial charge >= 0.3 is 0 Å². The lowest BCUT2D eigenvalue weighted by Crippen LogP contribution is -2.13. The van der Waals surface area contributed by atoms with Crippen LogP contribution >= 0.6 is 0 Å². The molecule has 1 aromatic rings. The summed E-state index contributed by atoms with van der Waals surface area (Å²) in [6.07, 6.45) is 0. The fourth-order valence-electron chi connectivity index (χ4n) is 1.52. The summed E-state index contributed by atoms with van der Waals surface area (Å²) in [6, 6.07) is 3.76. The standard InChI is InChI=1S/C12H13F2NO/c1-7(2)11-6-16-12(15-11)8-3-4-9(13)10(14)5-8/h3-5,7,11H,6H2,1-2H3. The lowest BCUT2D eigenvalue weighted by Gasteiger charge is -2.06. The molecular weight excluding hydrogens is 212 g/mol. The van der Waals surface area contributed by atoms with Crippen molar-refractivity contribution in [2.75, 3.05) is 6.61 Å². The average Bonchev–Trinajstić information content (AvgIpc) is 2.71. The Morgan fingerprint density at radius 1 is 1.31 bits per heavy atom. The SMILES string of the molecule is CC(C)C1COC(c2ccc(F)c(F)c2)=N1. The number of rotatable bonds is 2. The molecule has 1 atom stereocenters. The summed E-state index contributed by atoms with van der Waals surface area (Å²) in [5.41, 5.74) is 0.488. The number of hydrogen-bond donors (Lipinski definition) is 0. The van der Waals surface area contributed by atoms with Crippen molar-refractivity contribution in [2.45, 2.75) is 19.9 Å². The van der Waals surface area contributed by atoms with Crippen molar-refractivity contribution in [3.63, 3.8) is 0 Å². The highest BCUT2D eigenvalue weighted by Crippen LogP contribution is 2.18. The molecule has 2 rings (SSSR count). The van der Waals surface area contributed by atoms with Crippen molar-refractivity contribution in [3.05, 3.63) is 35.4 Å². The maximum Gasteiger partial charge on any atom is 0.216 e. The van der Waals surface area contributed by atoms with E-state index in [1.807, 2.05) is 13.8 Å². The molecule has 1 aliphatic rings. The highest BCUT2D eigenvalue weighted by atomic mass is 19.2. The Kier molecular flexibility index (Phi) is 2.90. The van der Waals surface area contributed by atoms with Gasteiger partial charge in [0.05, 0.1) is 6.04 Å². The van der Waals surface area contributed by atoms with E-state index >= 15 is 0 Å². The predicted molar refractivity (Wildman–Crippen MR) is 57.5 cm³/mol. The minimum Gasteiger partial charge on any atom is -0.475 e. The third-order valence-corrected chi connectivity index (χ3v) is 2.61. The first-order valence-corrected chi connectivity index (χ1v) is 5.24. The zero-order chi connectivity index (χ0) is 11.7. The molecule has 0 amide bonds. The van der Waals surface area contributed by atoms with Crippen LogP contribution in [0.3, 0.4) is 0 Å². The largest absolute Gasteiger partial charge is 0.475 e. The second kappa shape index (κ2) is 4.20. The second-order valence-electron chi connectivity index (χ2n) is 4.19. The molecule has 16 heavy (non-hydrogen) atoms. The number of nitrogens with zero attached hydrogens (tertiary/aromatic N) is 1. The first-order valence-electron chi connectivity index (χ1n) is 5.24. The summed E-state index contributed by atoms with van der Waals surface area (Å²) in [7, 11) is 0. The van der Waals surface area contributed by atoms with Crippen LogP contribution in [0.4, 0.5) is 8.78 Å². The van der Waals surface area contributed by atoms with Gasteiger partial charge in [-0.15, -0.1) is 0 Å². The Hall–Kier alpha value is -1.45. The third kappa shape index (κ3) is 2.05. The van der Waals surface area contributed by atoms with Crippen LogP contribution in [-0.4, -0.2) is 18.5 Å². The lowest BCUT2D eigenvalue weighted by atomic mass is 10.1. The number of ether oxygens (including phenoxy) is 1. The van der Waals surface area contributed by atoms with Gasteiger partial charge in [-0.05, 0) is 24.1 Å². The van der Waals surface area contributed by atoms with Gasteiger partial charge in [-0.2, -0.15) is 0 Å². The van der Waals surface area contributed by atoms with E-state index in [1.54, 1.807) is 0 Å². The van der Waals surface area contributed by atoms with E-state index in [-0.39, 0.29) is 6.04 Å². The quantitative estimate of drug-likeness (QED) is 0.758. The van der Waals surface area contributed by atoms with Crippen molar-refractivity contribution in [1.82, 2.24) is 0 Å². The van der Waals surface area contributed by atoms with Gasteiger partial charge in [0.1, 0.15) is 6.61 Å². The Morgan fingerprint density at radius 3 is 2.62 bits per heavy atom. The molecule has 86 valence electrons. The van der Waals surface area contributed by atoms with Gasteiger partial charge in [0.2, 0.25) is 5.90 Å². The van der Waals surface area contributed by atoms with Gasteiger partial charge in [0.15, 0.2) is 11.6 Å². The summed E-state index contributed by atoms with van der Waals surface area (Å²) in [6.45, 7) is 4.60. The van der Waals surface area contributed by atoms with Crippen LogP contribution < -0.4 is 0 Å². The second-order valence-corrected chi connectivity index (χ2v) is 4.19. The van der Waals surface area contributed by atoms with Gasteiger partial charge in [0, 0.05) is 5.56 Å². The first-order chi connectivity index (χ1) is 7.58. The topological polar surface area (TPSA) is 21.6 Å². The number of hydrogen-bond acceptors (Lipinski definition) is 2. The van der Waals surface area contributed by atoms with Crippen LogP contribution in [0.1, 0.15) is 19.4 Å². The van der Waals surface area contributed by atoms with Crippen LogP contribution in [0.25, 0.3) is 0 Å².